The number of carbonyl (C=O) groups excluding carboxylic acids is 1. The standard InChI is InChI=1S/C26H29N3O4/c1-19-25(9-7-10-26(19)33-20(2)30)31-16-17-32-28-24(18-29(3)4)22-13-11-21(12-14-22)23-8-5-6-15-27-23/h5-15H,16-18H2,1-4H3. The topological polar surface area (TPSA) is 73.2 Å². The maximum absolute atomic E-state index is 11.2. The number of aromatic nitrogens is 1. The molecule has 1 heterocycles. The van der Waals surface area contributed by atoms with Gasteiger partial charge in [0.1, 0.15) is 23.8 Å². The van der Waals surface area contributed by atoms with Crippen LogP contribution in [0.1, 0.15) is 18.1 Å². The summed E-state index contributed by atoms with van der Waals surface area (Å²) in [5.41, 5.74) is 4.54. The minimum atomic E-state index is -0.366. The van der Waals surface area contributed by atoms with E-state index in [1.807, 2.05) is 74.4 Å². The molecule has 3 aromatic rings. The van der Waals surface area contributed by atoms with Crippen molar-refractivity contribution in [3.8, 4) is 22.8 Å². The van der Waals surface area contributed by atoms with Crippen molar-refractivity contribution in [2.24, 2.45) is 5.16 Å². The van der Waals surface area contributed by atoms with Crippen molar-refractivity contribution in [3.63, 3.8) is 0 Å². The Bertz CT molecular complexity index is 1080. The maximum Gasteiger partial charge on any atom is 0.308 e. The van der Waals surface area contributed by atoms with E-state index in [1.54, 1.807) is 18.3 Å². The number of hydrogen-bond acceptors (Lipinski definition) is 7. The monoisotopic (exact) mass is 447 g/mol. The molecule has 1 aromatic heterocycles. The van der Waals surface area contributed by atoms with Crippen LogP contribution in [0.2, 0.25) is 0 Å². The molecule has 0 unspecified atom stereocenters. The zero-order valence-corrected chi connectivity index (χ0v) is 19.4. The van der Waals surface area contributed by atoms with Gasteiger partial charge in [-0.1, -0.05) is 41.6 Å². The van der Waals surface area contributed by atoms with E-state index in [1.165, 1.54) is 6.92 Å². The third-order valence-corrected chi connectivity index (χ3v) is 4.74. The van der Waals surface area contributed by atoms with Crippen LogP contribution >= 0.6 is 0 Å². The normalized spacial score (nSPS) is 11.4. The van der Waals surface area contributed by atoms with Gasteiger partial charge in [0.25, 0.3) is 0 Å². The second-order valence-electron chi connectivity index (χ2n) is 7.72. The van der Waals surface area contributed by atoms with Gasteiger partial charge in [0.2, 0.25) is 0 Å². The van der Waals surface area contributed by atoms with E-state index in [0.717, 1.165) is 28.1 Å². The average molecular weight is 448 g/mol. The summed E-state index contributed by atoms with van der Waals surface area (Å²) in [6.07, 6.45) is 1.78. The number of oxime groups is 1. The van der Waals surface area contributed by atoms with Crippen molar-refractivity contribution in [1.29, 1.82) is 0 Å². The molecule has 0 spiro atoms. The highest BCUT2D eigenvalue weighted by molar-refractivity contribution is 6.02. The largest absolute Gasteiger partial charge is 0.490 e. The van der Waals surface area contributed by atoms with Gasteiger partial charge in [0.15, 0.2) is 6.61 Å². The Labute approximate surface area is 194 Å². The Kier molecular flexibility index (Phi) is 8.55. The molecule has 2 aromatic carbocycles. The highest BCUT2D eigenvalue weighted by Crippen LogP contribution is 2.27. The van der Waals surface area contributed by atoms with Gasteiger partial charge in [-0.25, -0.2) is 0 Å². The van der Waals surface area contributed by atoms with Gasteiger partial charge in [0, 0.05) is 36.4 Å². The van der Waals surface area contributed by atoms with Crippen LogP contribution < -0.4 is 9.47 Å². The second kappa shape index (κ2) is 11.8. The van der Waals surface area contributed by atoms with Gasteiger partial charge in [0.05, 0.1) is 5.69 Å². The highest BCUT2D eigenvalue weighted by atomic mass is 16.6. The van der Waals surface area contributed by atoms with Crippen molar-refractivity contribution in [2.75, 3.05) is 33.9 Å². The van der Waals surface area contributed by atoms with E-state index in [0.29, 0.717) is 24.7 Å². The summed E-state index contributed by atoms with van der Waals surface area (Å²) in [5, 5.41) is 4.36. The van der Waals surface area contributed by atoms with E-state index in [9.17, 15) is 4.79 Å². The lowest BCUT2D eigenvalue weighted by Gasteiger charge is -2.14. The van der Waals surface area contributed by atoms with E-state index in [4.69, 9.17) is 14.3 Å². The summed E-state index contributed by atoms with van der Waals surface area (Å²) < 4.78 is 11.0. The van der Waals surface area contributed by atoms with E-state index >= 15 is 0 Å². The Morgan fingerprint density at radius 3 is 2.39 bits per heavy atom. The van der Waals surface area contributed by atoms with Crippen LogP contribution in [0.15, 0.2) is 72.0 Å². The molecule has 7 heteroatoms. The Morgan fingerprint density at radius 1 is 0.970 bits per heavy atom. The van der Waals surface area contributed by atoms with Crippen molar-refractivity contribution in [3.05, 3.63) is 78.0 Å². The van der Waals surface area contributed by atoms with Crippen molar-refractivity contribution >= 4 is 11.7 Å². The number of rotatable bonds is 10. The highest BCUT2D eigenvalue weighted by Gasteiger charge is 2.10. The van der Waals surface area contributed by atoms with Crippen molar-refractivity contribution in [1.82, 2.24) is 9.88 Å². The summed E-state index contributed by atoms with van der Waals surface area (Å²) in [6.45, 7) is 4.43. The lowest BCUT2D eigenvalue weighted by atomic mass is 10.1. The van der Waals surface area contributed by atoms with Crippen LogP contribution in [0.25, 0.3) is 11.3 Å². The third-order valence-electron chi connectivity index (χ3n) is 4.74. The predicted molar refractivity (Wildman–Crippen MR) is 129 cm³/mol. The molecule has 0 aliphatic rings. The molecule has 0 bridgehead atoms. The molecule has 0 aliphatic heterocycles. The Hall–Kier alpha value is -3.71. The molecule has 0 atom stereocenters. The average Bonchev–Trinajstić information content (AvgIpc) is 2.80. The Balaban J connectivity index is 1.61. The summed E-state index contributed by atoms with van der Waals surface area (Å²) in [7, 11) is 3.97. The van der Waals surface area contributed by atoms with E-state index in [2.05, 4.69) is 10.1 Å². The number of ether oxygens (including phenoxy) is 2. The first-order chi connectivity index (χ1) is 15.9. The number of hydrogen-bond donors (Lipinski definition) is 0. The molecule has 0 saturated heterocycles. The molecule has 0 aliphatic carbocycles. The van der Waals surface area contributed by atoms with Gasteiger partial charge in [-0.05, 0) is 45.3 Å². The molecular weight excluding hydrogens is 418 g/mol. The Morgan fingerprint density at radius 2 is 1.73 bits per heavy atom. The fourth-order valence-corrected chi connectivity index (χ4v) is 3.17. The molecule has 0 radical (unpaired) electrons. The predicted octanol–water partition coefficient (Wildman–Crippen LogP) is 4.34. The number of benzene rings is 2. The minimum absolute atomic E-state index is 0.278. The molecule has 0 N–H and O–H groups in total. The van der Waals surface area contributed by atoms with Gasteiger partial charge < -0.3 is 19.2 Å². The maximum atomic E-state index is 11.2. The van der Waals surface area contributed by atoms with E-state index in [-0.39, 0.29) is 12.6 Å². The summed E-state index contributed by atoms with van der Waals surface area (Å²) in [6, 6.07) is 19.3. The lowest BCUT2D eigenvalue weighted by Crippen LogP contribution is -2.23. The number of nitrogens with zero attached hydrogens (tertiary/aromatic N) is 3. The molecule has 33 heavy (non-hydrogen) atoms. The van der Waals surface area contributed by atoms with Crippen molar-refractivity contribution in [2.45, 2.75) is 13.8 Å². The molecule has 7 nitrogen and oxygen atoms in total. The lowest BCUT2D eigenvalue weighted by molar-refractivity contribution is -0.131. The van der Waals surface area contributed by atoms with Gasteiger partial charge in [-0.15, -0.1) is 0 Å². The van der Waals surface area contributed by atoms with Crippen LogP contribution in [0, 0.1) is 6.92 Å². The quantitative estimate of drug-likeness (QED) is 0.151. The zero-order chi connectivity index (χ0) is 23.6. The van der Waals surface area contributed by atoms with E-state index < -0.39 is 0 Å². The van der Waals surface area contributed by atoms with Crippen LogP contribution in [-0.4, -0.2) is 55.4 Å². The van der Waals surface area contributed by atoms with Crippen molar-refractivity contribution < 1.29 is 19.1 Å². The van der Waals surface area contributed by atoms with Crippen LogP contribution in [0.3, 0.4) is 0 Å². The van der Waals surface area contributed by atoms with Gasteiger partial charge >= 0.3 is 5.97 Å². The van der Waals surface area contributed by atoms with Crippen LogP contribution in [-0.2, 0) is 9.63 Å². The first kappa shape index (κ1) is 23.9. The summed E-state index contributed by atoms with van der Waals surface area (Å²) >= 11 is 0. The smallest absolute Gasteiger partial charge is 0.308 e. The first-order valence-electron chi connectivity index (χ1n) is 10.7. The molecule has 3 rings (SSSR count). The minimum Gasteiger partial charge on any atom is -0.490 e. The number of likely N-dealkylation sites (N-methyl/N-ethyl adjacent to an activating group) is 1. The third kappa shape index (κ3) is 7.15. The second-order valence-corrected chi connectivity index (χ2v) is 7.72. The van der Waals surface area contributed by atoms with Gasteiger partial charge in [-0.2, -0.15) is 0 Å². The summed E-state index contributed by atoms with van der Waals surface area (Å²) in [5.74, 6) is 0.760. The summed E-state index contributed by atoms with van der Waals surface area (Å²) in [4.78, 5) is 23.2. The molecule has 172 valence electrons. The van der Waals surface area contributed by atoms with Crippen LogP contribution in [0.4, 0.5) is 0 Å². The zero-order valence-electron chi connectivity index (χ0n) is 19.4. The molecule has 0 saturated carbocycles. The molecule has 0 fully saturated rings. The van der Waals surface area contributed by atoms with Crippen LogP contribution in [0.5, 0.6) is 11.5 Å². The fraction of sp³-hybridized carbons (Fsp3) is 0.269. The first-order valence-corrected chi connectivity index (χ1v) is 10.7. The number of pyridine rings is 1. The fourth-order valence-electron chi connectivity index (χ4n) is 3.17. The molecular formula is C26H29N3O4. The number of carbonyl (C=O) groups is 1. The number of esters is 1. The SMILES string of the molecule is CC(=O)Oc1cccc(OCCON=C(CN(C)C)c2ccc(-c3ccccn3)cc2)c1C. The molecule has 0 amide bonds. The van der Waals surface area contributed by atoms with Gasteiger partial charge in [-0.3, -0.25) is 9.78 Å².